The fourth-order valence-corrected chi connectivity index (χ4v) is 0.654. The maximum atomic E-state index is 10.9. The van der Waals surface area contributed by atoms with E-state index < -0.39 is 17.9 Å². The Hall–Kier alpha value is -1.10. The number of hydrogen-bond acceptors (Lipinski definition) is 3. The lowest BCUT2D eigenvalue weighted by atomic mass is 10.3. The van der Waals surface area contributed by atoms with Crippen LogP contribution in [0.25, 0.3) is 0 Å². The Morgan fingerprint density at radius 1 is 1.54 bits per heavy atom. The predicted octanol–water partition coefficient (Wildman–Crippen LogP) is 0.00230. The van der Waals surface area contributed by atoms with Crippen LogP contribution in [-0.2, 0) is 14.3 Å². The molecule has 0 aromatic heterocycles. The van der Waals surface area contributed by atoms with E-state index in [1.165, 1.54) is 6.92 Å². The molecule has 0 radical (unpaired) electrons. The summed E-state index contributed by atoms with van der Waals surface area (Å²) in [6, 6.07) is -0.863. The van der Waals surface area contributed by atoms with Gasteiger partial charge in [-0.1, -0.05) is 6.92 Å². The minimum Gasteiger partial charge on any atom is -0.480 e. The zero-order valence-electron chi connectivity index (χ0n) is 7.87. The van der Waals surface area contributed by atoms with E-state index in [9.17, 15) is 9.59 Å². The van der Waals surface area contributed by atoms with Gasteiger partial charge in [0.1, 0.15) is 12.6 Å². The molecule has 0 spiro atoms. The van der Waals surface area contributed by atoms with Gasteiger partial charge in [-0.05, 0) is 13.3 Å². The number of carboxylic acids is 1. The summed E-state index contributed by atoms with van der Waals surface area (Å²) in [5, 5.41) is 10.7. The number of carboxylic acid groups (broad SMARTS) is 1. The van der Waals surface area contributed by atoms with Gasteiger partial charge in [-0.3, -0.25) is 9.59 Å². The Balaban J connectivity index is 3.56. The largest absolute Gasteiger partial charge is 0.480 e. The maximum absolute atomic E-state index is 10.9. The highest BCUT2D eigenvalue weighted by Crippen LogP contribution is 1.84. The second kappa shape index (κ2) is 6.42. The number of ether oxygens (including phenoxy) is 1. The van der Waals surface area contributed by atoms with E-state index in [-0.39, 0.29) is 6.61 Å². The summed E-state index contributed by atoms with van der Waals surface area (Å²) in [7, 11) is 0. The van der Waals surface area contributed by atoms with E-state index in [0.29, 0.717) is 6.61 Å². The van der Waals surface area contributed by atoms with Gasteiger partial charge in [-0.15, -0.1) is 0 Å². The minimum atomic E-state index is -1.05. The summed E-state index contributed by atoms with van der Waals surface area (Å²) in [5.74, 6) is -1.45. The van der Waals surface area contributed by atoms with Gasteiger partial charge in [-0.25, -0.2) is 0 Å². The SMILES string of the molecule is CCCOCC(=O)N[C@@H](C)C(=O)O. The van der Waals surface area contributed by atoms with E-state index in [2.05, 4.69) is 5.32 Å². The zero-order valence-corrected chi connectivity index (χ0v) is 7.87. The van der Waals surface area contributed by atoms with Crippen LogP contribution in [0.3, 0.4) is 0 Å². The van der Waals surface area contributed by atoms with Gasteiger partial charge in [0.25, 0.3) is 0 Å². The van der Waals surface area contributed by atoms with Crippen LogP contribution in [0.2, 0.25) is 0 Å². The van der Waals surface area contributed by atoms with E-state index in [0.717, 1.165) is 6.42 Å². The highest BCUT2D eigenvalue weighted by atomic mass is 16.5. The van der Waals surface area contributed by atoms with Crippen molar-refractivity contribution < 1.29 is 19.4 Å². The van der Waals surface area contributed by atoms with Gasteiger partial charge in [0, 0.05) is 6.61 Å². The normalized spacial score (nSPS) is 12.2. The zero-order chi connectivity index (χ0) is 10.3. The molecule has 0 aliphatic carbocycles. The molecule has 0 saturated heterocycles. The van der Waals surface area contributed by atoms with Crippen molar-refractivity contribution in [1.29, 1.82) is 0 Å². The van der Waals surface area contributed by atoms with Crippen molar-refractivity contribution in [2.45, 2.75) is 26.3 Å². The first-order valence-electron chi connectivity index (χ1n) is 4.17. The molecular weight excluding hydrogens is 174 g/mol. The molecule has 13 heavy (non-hydrogen) atoms. The first-order valence-corrected chi connectivity index (χ1v) is 4.17. The Morgan fingerprint density at radius 2 is 2.15 bits per heavy atom. The number of carbonyl (C=O) groups is 2. The van der Waals surface area contributed by atoms with Crippen LogP contribution in [0.15, 0.2) is 0 Å². The minimum absolute atomic E-state index is 0.0779. The lowest BCUT2D eigenvalue weighted by Crippen LogP contribution is -2.40. The average molecular weight is 189 g/mol. The van der Waals surface area contributed by atoms with E-state index in [1.807, 2.05) is 6.92 Å². The second-order valence-corrected chi connectivity index (χ2v) is 2.68. The third kappa shape index (κ3) is 6.10. The number of nitrogens with one attached hydrogen (secondary N) is 1. The molecule has 0 bridgehead atoms. The number of hydrogen-bond donors (Lipinski definition) is 2. The summed E-state index contributed by atoms with van der Waals surface area (Å²) in [6.07, 6.45) is 0.835. The highest BCUT2D eigenvalue weighted by Gasteiger charge is 2.13. The van der Waals surface area contributed by atoms with E-state index in [4.69, 9.17) is 9.84 Å². The maximum Gasteiger partial charge on any atom is 0.325 e. The smallest absolute Gasteiger partial charge is 0.325 e. The molecule has 0 aromatic carbocycles. The number of amides is 1. The highest BCUT2D eigenvalue weighted by molar-refractivity contribution is 5.83. The van der Waals surface area contributed by atoms with Gasteiger partial charge < -0.3 is 15.2 Å². The predicted molar refractivity (Wildman–Crippen MR) is 46.4 cm³/mol. The third-order valence-corrected chi connectivity index (χ3v) is 1.33. The van der Waals surface area contributed by atoms with E-state index in [1.54, 1.807) is 0 Å². The monoisotopic (exact) mass is 189 g/mol. The summed E-state index contributed by atoms with van der Waals surface area (Å²) in [5.41, 5.74) is 0. The standard InChI is InChI=1S/C8H15NO4/c1-3-4-13-5-7(10)9-6(2)8(11)12/h6H,3-5H2,1-2H3,(H,9,10)(H,11,12)/t6-/m0/s1. The topological polar surface area (TPSA) is 75.6 Å². The molecule has 0 aliphatic rings. The molecule has 0 unspecified atom stereocenters. The molecule has 5 heteroatoms. The quantitative estimate of drug-likeness (QED) is 0.577. The summed E-state index contributed by atoms with van der Waals surface area (Å²) in [6.45, 7) is 3.76. The Labute approximate surface area is 77.1 Å². The molecule has 0 fully saturated rings. The van der Waals surface area contributed by atoms with Crippen molar-refractivity contribution in [2.24, 2.45) is 0 Å². The van der Waals surface area contributed by atoms with Crippen LogP contribution in [-0.4, -0.2) is 36.2 Å². The van der Waals surface area contributed by atoms with Crippen molar-refractivity contribution in [1.82, 2.24) is 5.32 Å². The molecular formula is C8H15NO4. The first kappa shape index (κ1) is 11.9. The fraction of sp³-hybridized carbons (Fsp3) is 0.750. The van der Waals surface area contributed by atoms with Crippen molar-refractivity contribution in [3.63, 3.8) is 0 Å². The molecule has 0 rings (SSSR count). The average Bonchev–Trinajstić information content (AvgIpc) is 2.04. The molecule has 1 atom stereocenters. The Morgan fingerprint density at radius 3 is 2.62 bits per heavy atom. The summed E-state index contributed by atoms with van der Waals surface area (Å²) < 4.78 is 4.92. The van der Waals surface area contributed by atoms with Crippen LogP contribution < -0.4 is 5.32 Å². The summed E-state index contributed by atoms with van der Waals surface area (Å²) >= 11 is 0. The van der Waals surface area contributed by atoms with Crippen LogP contribution in [0.4, 0.5) is 0 Å². The molecule has 5 nitrogen and oxygen atoms in total. The van der Waals surface area contributed by atoms with Crippen LogP contribution >= 0.6 is 0 Å². The van der Waals surface area contributed by atoms with Gasteiger partial charge in [0.15, 0.2) is 0 Å². The van der Waals surface area contributed by atoms with Crippen molar-refractivity contribution in [3.8, 4) is 0 Å². The third-order valence-electron chi connectivity index (χ3n) is 1.33. The molecule has 1 amide bonds. The number of carbonyl (C=O) groups excluding carboxylic acids is 1. The second-order valence-electron chi connectivity index (χ2n) is 2.68. The van der Waals surface area contributed by atoms with Gasteiger partial charge in [0.05, 0.1) is 0 Å². The van der Waals surface area contributed by atoms with Crippen LogP contribution in [0.5, 0.6) is 0 Å². The number of rotatable bonds is 6. The molecule has 2 N–H and O–H groups in total. The Kier molecular flexibility index (Phi) is 5.88. The fourth-order valence-electron chi connectivity index (χ4n) is 0.654. The van der Waals surface area contributed by atoms with Crippen molar-refractivity contribution in [3.05, 3.63) is 0 Å². The van der Waals surface area contributed by atoms with Crippen molar-refractivity contribution >= 4 is 11.9 Å². The first-order chi connectivity index (χ1) is 6.07. The lowest BCUT2D eigenvalue weighted by molar-refractivity contribution is -0.142. The van der Waals surface area contributed by atoms with Gasteiger partial charge in [-0.2, -0.15) is 0 Å². The van der Waals surface area contributed by atoms with Crippen LogP contribution in [0.1, 0.15) is 20.3 Å². The van der Waals surface area contributed by atoms with E-state index >= 15 is 0 Å². The van der Waals surface area contributed by atoms with Crippen molar-refractivity contribution in [2.75, 3.05) is 13.2 Å². The van der Waals surface area contributed by atoms with Gasteiger partial charge >= 0.3 is 5.97 Å². The molecule has 0 heterocycles. The Bertz CT molecular complexity index is 181. The summed E-state index contributed by atoms with van der Waals surface area (Å²) in [4.78, 5) is 21.2. The molecule has 0 aromatic rings. The molecule has 0 aliphatic heterocycles. The lowest BCUT2D eigenvalue weighted by Gasteiger charge is -2.08. The molecule has 0 saturated carbocycles. The van der Waals surface area contributed by atoms with Gasteiger partial charge in [0.2, 0.25) is 5.91 Å². The number of aliphatic carboxylic acids is 1. The molecule has 76 valence electrons. The van der Waals surface area contributed by atoms with Crippen LogP contribution in [0, 0.1) is 0 Å².